The van der Waals surface area contributed by atoms with Gasteiger partial charge in [0.05, 0.1) is 5.39 Å². The molecule has 1 amide bonds. The summed E-state index contributed by atoms with van der Waals surface area (Å²) < 4.78 is 2.24. The molecular formula is C14H13N5O3S. The van der Waals surface area contributed by atoms with Gasteiger partial charge in [-0.1, -0.05) is 0 Å². The van der Waals surface area contributed by atoms with Crippen LogP contribution in [0.4, 0.5) is 5.13 Å². The Kier molecular flexibility index (Phi) is 3.57. The lowest BCUT2D eigenvalue weighted by atomic mass is 10.2. The van der Waals surface area contributed by atoms with Crippen LogP contribution in [0, 0.1) is 6.92 Å². The van der Waals surface area contributed by atoms with Crippen LogP contribution in [0.1, 0.15) is 15.4 Å². The molecule has 3 heterocycles. The van der Waals surface area contributed by atoms with Crippen LogP contribution in [0.2, 0.25) is 0 Å². The maximum Gasteiger partial charge on any atom is 0.332 e. The molecule has 0 spiro atoms. The van der Waals surface area contributed by atoms with Gasteiger partial charge in [0.25, 0.3) is 11.5 Å². The van der Waals surface area contributed by atoms with Gasteiger partial charge in [0.15, 0.2) is 5.13 Å². The molecule has 0 atom stereocenters. The lowest BCUT2D eigenvalue weighted by Gasteiger charge is -2.08. The minimum Gasteiger partial charge on any atom is -0.296 e. The van der Waals surface area contributed by atoms with Crippen molar-refractivity contribution < 1.29 is 4.79 Å². The maximum atomic E-state index is 12.2. The summed E-state index contributed by atoms with van der Waals surface area (Å²) in [5.74, 6) is -0.450. The molecule has 9 heteroatoms. The highest BCUT2D eigenvalue weighted by atomic mass is 32.1. The standard InChI is InChI=1S/C14H13N5O3S/c1-7-6-15-13(23-7)17-11(20)9-5-4-8-10(16-9)18(2)14(22)19(3)12(8)21/h4-6H,1-3H3,(H,15,17,20). The summed E-state index contributed by atoms with van der Waals surface area (Å²) in [7, 11) is 2.90. The van der Waals surface area contributed by atoms with Gasteiger partial charge in [0.2, 0.25) is 0 Å². The molecule has 0 aliphatic heterocycles. The Bertz CT molecular complexity index is 1050. The normalized spacial score (nSPS) is 10.9. The first-order chi connectivity index (χ1) is 10.9. The summed E-state index contributed by atoms with van der Waals surface area (Å²) in [6.07, 6.45) is 1.65. The van der Waals surface area contributed by atoms with Crippen LogP contribution in [-0.2, 0) is 14.1 Å². The zero-order valence-electron chi connectivity index (χ0n) is 12.7. The molecule has 3 rings (SSSR count). The molecule has 0 unspecified atom stereocenters. The summed E-state index contributed by atoms with van der Waals surface area (Å²) in [5, 5.41) is 3.38. The average Bonchev–Trinajstić information content (AvgIpc) is 2.95. The van der Waals surface area contributed by atoms with E-state index < -0.39 is 17.2 Å². The van der Waals surface area contributed by atoms with Gasteiger partial charge in [-0.3, -0.25) is 24.0 Å². The van der Waals surface area contributed by atoms with Gasteiger partial charge in [-0.2, -0.15) is 0 Å². The zero-order chi connectivity index (χ0) is 16.7. The van der Waals surface area contributed by atoms with Crippen molar-refractivity contribution in [3.05, 3.63) is 49.7 Å². The van der Waals surface area contributed by atoms with E-state index in [-0.39, 0.29) is 16.7 Å². The molecular weight excluding hydrogens is 318 g/mol. The van der Waals surface area contributed by atoms with Crippen LogP contribution in [-0.4, -0.2) is 25.0 Å². The van der Waals surface area contributed by atoms with Crippen LogP contribution >= 0.6 is 11.3 Å². The summed E-state index contributed by atoms with van der Waals surface area (Å²) in [6.45, 7) is 1.88. The number of thiazole rings is 1. The number of carbonyl (C=O) groups is 1. The Morgan fingerprint density at radius 3 is 2.61 bits per heavy atom. The first kappa shape index (κ1) is 15.1. The number of nitrogens with one attached hydrogen (secondary N) is 1. The van der Waals surface area contributed by atoms with E-state index in [1.807, 2.05) is 6.92 Å². The van der Waals surface area contributed by atoms with Gasteiger partial charge in [-0.25, -0.2) is 14.8 Å². The Hall–Kier alpha value is -2.81. The average molecular weight is 331 g/mol. The van der Waals surface area contributed by atoms with Crippen LogP contribution in [0.3, 0.4) is 0 Å². The van der Waals surface area contributed by atoms with E-state index in [4.69, 9.17) is 0 Å². The molecule has 0 radical (unpaired) electrons. The molecule has 3 aromatic heterocycles. The molecule has 3 aromatic rings. The largest absolute Gasteiger partial charge is 0.332 e. The zero-order valence-corrected chi connectivity index (χ0v) is 13.5. The molecule has 0 aliphatic carbocycles. The predicted molar refractivity (Wildman–Crippen MR) is 87.0 cm³/mol. The van der Waals surface area contributed by atoms with E-state index in [9.17, 15) is 14.4 Å². The Labute approximate surface area is 134 Å². The second kappa shape index (κ2) is 5.43. The second-order valence-electron chi connectivity index (χ2n) is 5.00. The van der Waals surface area contributed by atoms with Gasteiger partial charge in [-0.15, -0.1) is 11.3 Å². The lowest BCUT2D eigenvalue weighted by Crippen LogP contribution is -2.37. The first-order valence-electron chi connectivity index (χ1n) is 6.69. The van der Waals surface area contributed by atoms with Gasteiger partial charge < -0.3 is 0 Å². The quantitative estimate of drug-likeness (QED) is 0.743. The molecule has 0 saturated carbocycles. The molecule has 0 aliphatic rings. The molecule has 0 fully saturated rings. The lowest BCUT2D eigenvalue weighted by molar-refractivity contribution is 0.102. The third kappa shape index (κ3) is 2.55. The highest BCUT2D eigenvalue weighted by Crippen LogP contribution is 2.17. The molecule has 0 saturated heterocycles. The number of rotatable bonds is 2. The molecule has 1 N–H and O–H groups in total. The Balaban J connectivity index is 2.08. The molecule has 0 bridgehead atoms. The van der Waals surface area contributed by atoms with Crippen molar-refractivity contribution in [2.45, 2.75) is 6.92 Å². The van der Waals surface area contributed by atoms with E-state index in [1.54, 1.807) is 6.20 Å². The van der Waals surface area contributed by atoms with Crippen molar-refractivity contribution >= 4 is 33.4 Å². The van der Waals surface area contributed by atoms with Crippen molar-refractivity contribution in [3.63, 3.8) is 0 Å². The van der Waals surface area contributed by atoms with E-state index >= 15 is 0 Å². The van der Waals surface area contributed by atoms with Crippen molar-refractivity contribution in [1.82, 2.24) is 19.1 Å². The number of hydrogen-bond acceptors (Lipinski definition) is 6. The van der Waals surface area contributed by atoms with Crippen molar-refractivity contribution in [2.75, 3.05) is 5.32 Å². The minimum absolute atomic E-state index is 0.105. The molecule has 23 heavy (non-hydrogen) atoms. The Morgan fingerprint density at radius 1 is 1.22 bits per heavy atom. The molecule has 118 valence electrons. The van der Waals surface area contributed by atoms with Gasteiger partial charge in [-0.05, 0) is 19.1 Å². The minimum atomic E-state index is -0.497. The number of nitrogens with zero attached hydrogens (tertiary/aromatic N) is 4. The third-order valence-corrected chi connectivity index (χ3v) is 4.20. The highest BCUT2D eigenvalue weighted by molar-refractivity contribution is 7.15. The van der Waals surface area contributed by atoms with E-state index in [0.29, 0.717) is 5.13 Å². The van der Waals surface area contributed by atoms with E-state index in [2.05, 4.69) is 15.3 Å². The number of aryl methyl sites for hydroxylation is 2. The molecule has 0 aromatic carbocycles. The smallest absolute Gasteiger partial charge is 0.296 e. The predicted octanol–water partition coefficient (Wildman–Crippen LogP) is 0.649. The summed E-state index contributed by atoms with van der Waals surface area (Å²) in [4.78, 5) is 45.4. The van der Waals surface area contributed by atoms with Crippen LogP contribution in [0.15, 0.2) is 27.9 Å². The summed E-state index contributed by atoms with van der Waals surface area (Å²) in [6, 6.07) is 2.94. The van der Waals surface area contributed by atoms with Gasteiger partial charge in [0, 0.05) is 25.2 Å². The summed E-state index contributed by atoms with van der Waals surface area (Å²) in [5.41, 5.74) is -0.670. The van der Waals surface area contributed by atoms with Crippen LogP contribution in [0.25, 0.3) is 11.0 Å². The van der Waals surface area contributed by atoms with Crippen molar-refractivity contribution in [3.8, 4) is 0 Å². The topological polar surface area (TPSA) is 98.9 Å². The fraction of sp³-hybridized carbons (Fsp3) is 0.214. The van der Waals surface area contributed by atoms with Gasteiger partial charge >= 0.3 is 5.69 Å². The number of carbonyl (C=O) groups excluding carboxylic acids is 1. The number of hydrogen-bond donors (Lipinski definition) is 1. The number of amides is 1. The maximum absolute atomic E-state index is 12.2. The number of anilines is 1. The monoisotopic (exact) mass is 331 g/mol. The van der Waals surface area contributed by atoms with Crippen molar-refractivity contribution in [2.24, 2.45) is 14.1 Å². The first-order valence-corrected chi connectivity index (χ1v) is 7.50. The van der Waals surface area contributed by atoms with Crippen molar-refractivity contribution in [1.29, 1.82) is 0 Å². The summed E-state index contributed by atoms with van der Waals surface area (Å²) >= 11 is 1.34. The van der Waals surface area contributed by atoms with Gasteiger partial charge in [0.1, 0.15) is 11.3 Å². The van der Waals surface area contributed by atoms with Crippen LogP contribution in [0.5, 0.6) is 0 Å². The third-order valence-electron chi connectivity index (χ3n) is 3.38. The van der Waals surface area contributed by atoms with E-state index in [1.165, 1.54) is 42.1 Å². The SMILES string of the molecule is Cc1cnc(NC(=O)c2ccc3c(=O)n(C)c(=O)n(C)c3n2)s1. The fourth-order valence-corrected chi connectivity index (χ4v) is 2.81. The second-order valence-corrected chi connectivity index (χ2v) is 6.24. The number of aromatic nitrogens is 4. The highest BCUT2D eigenvalue weighted by Gasteiger charge is 2.14. The van der Waals surface area contributed by atoms with E-state index in [0.717, 1.165) is 9.44 Å². The number of pyridine rings is 1. The van der Waals surface area contributed by atoms with Crippen LogP contribution < -0.4 is 16.6 Å². The molecule has 8 nitrogen and oxygen atoms in total. The fourth-order valence-electron chi connectivity index (χ4n) is 2.15. The Morgan fingerprint density at radius 2 is 1.96 bits per heavy atom. The number of fused-ring (bicyclic) bond motifs is 1.